The Morgan fingerprint density at radius 3 is 2.35 bits per heavy atom. The van der Waals surface area contributed by atoms with Gasteiger partial charge in [0.2, 0.25) is 0 Å². The predicted molar refractivity (Wildman–Crippen MR) is 78.0 cm³/mol. The quantitative estimate of drug-likeness (QED) is 0.501. The Morgan fingerprint density at radius 1 is 1.00 bits per heavy atom. The molecular formula is C15H9F3O4S. The third-order valence-electron chi connectivity index (χ3n) is 3.49. The van der Waals surface area contributed by atoms with Crippen LogP contribution in [0.1, 0.15) is 5.56 Å². The molecule has 0 bridgehead atoms. The number of fused-ring (bicyclic) bond motifs is 2. The van der Waals surface area contributed by atoms with E-state index in [4.69, 9.17) is 4.42 Å². The number of rotatable bonds is 1. The molecule has 0 saturated heterocycles. The van der Waals surface area contributed by atoms with Crippen LogP contribution in [0.15, 0.2) is 50.5 Å². The Labute approximate surface area is 128 Å². The summed E-state index contributed by atoms with van der Waals surface area (Å²) in [4.78, 5) is 10.5. The molecule has 4 nitrogen and oxygen atoms in total. The normalized spacial score (nSPS) is 12.9. The molecule has 23 heavy (non-hydrogen) atoms. The zero-order chi connectivity index (χ0) is 17.0. The summed E-state index contributed by atoms with van der Waals surface area (Å²) in [7, 11) is -5.43. The molecule has 3 aromatic rings. The van der Waals surface area contributed by atoms with Crippen LogP contribution in [0, 0.1) is 6.92 Å². The maximum absolute atomic E-state index is 12.6. The minimum atomic E-state index is -5.43. The van der Waals surface area contributed by atoms with Gasteiger partial charge in [0.05, 0.1) is 4.90 Å². The van der Waals surface area contributed by atoms with E-state index in [2.05, 4.69) is 0 Å². The van der Waals surface area contributed by atoms with E-state index in [1.807, 2.05) is 0 Å². The lowest BCUT2D eigenvalue weighted by Gasteiger charge is -2.09. The summed E-state index contributed by atoms with van der Waals surface area (Å²) in [5.41, 5.74) is -5.12. The average molecular weight is 342 g/mol. The smallest absolute Gasteiger partial charge is 0.423 e. The van der Waals surface area contributed by atoms with Gasteiger partial charge in [-0.2, -0.15) is 13.2 Å². The maximum atomic E-state index is 12.6. The maximum Gasteiger partial charge on any atom is 0.501 e. The molecule has 8 heteroatoms. The molecule has 0 radical (unpaired) electrons. The van der Waals surface area contributed by atoms with E-state index in [0.717, 1.165) is 12.1 Å². The van der Waals surface area contributed by atoms with Crippen molar-refractivity contribution in [3.63, 3.8) is 0 Å². The Balaban J connectivity index is 2.33. The fourth-order valence-electron chi connectivity index (χ4n) is 2.34. The molecule has 0 N–H and O–H groups in total. The van der Waals surface area contributed by atoms with Crippen molar-refractivity contribution in [3.05, 3.63) is 52.4 Å². The van der Waals surface area contributed by atoms with E-state index in [1.165, 1.54) is 18.2 Å². The van der Waals surface area contributed by atoms with Crippen molar-refractivity contribution in [2.75, 3.05) is 0 Å². The fourth-order valence-corrected chi connectivity index (χ4v) is 3.14. The zero-order valence-electron chi connectivity index (χ0n) is 11.6. The van der Waals surface area contributed by atoms with E-state index < -0.39 is 25.9 Å². The van der Waals surface area contributed by atoms with Crippen molar-refractivity contribution in [2.45, 2.75) is 17.3 Å². The van der Waals surface area contributed by atoms with E-state index in [-0.39, 0.29) is 11.0 Å². The standard InChI is InChI=1S/C15H9F3O4S/c1-8-4-14(19)22-13-7-10-5-11(23(20,21)15(16,17)18)3-2-9(10)6-12(8)13/h2-7H,1H3. The number of aryl methyl sites for hydroxylation is 1. The summed E-state index contributed by atoms with van der Waals surface area (Å²) >= 11 is 0. The molecule has 0 aliphatic heterocycles. The van der Waals surface area contributed by atoms with Crippen LogP contribution in [-0.2, 0) is 9.84 Å². The fraction of sp³-hybridized carbons (Fsp3) is 0.133. The van der Waals surface area contributed by atoms with Crippen LogP contribution < -0.4 is 5.63 Å². The van der Waals surface area contributed by atoms with E-state index >= 15 is 0 Å². The Hall–Kier alpha value is -2.35. The van der Waals surface area contributed by atoms with Gasteiger partial charge in [0.1, 0.15) is 5.58 Å². The summed E-state index contributed by atoms with van der Waals surface area (Å²) < 4.78 is 65.8. The highest BCUT2D eigenvalue weighted by Gasteiger charge is 2.46. The number of alkyl halides is 3. The lowest BCUT2D eigenvalue weighted by Crippen LogP contribution is -2.23. The lowest BCUT2D eigenvalue weighted by molar-refractivity contribution is -0.0435. The van der Waals surface area contributed by atoms with Gasteiger partial charge in [-0.15, -0.1) is 0 Å². The molecular weight excluding hydrogens is 333 g/mol. The number of hydrogen-bond donors (Lipinski definition) is 0. The molecule has 0 aliphatic carbocycles. The first-order chi connectivity index (χ1) is 10.6. The monoisotopic (exact) mass is 342 g/mol. The number of sulfone groups is 1. The molecule has 120 valence electrons. The van der Waals surface area contributed by atoms with Gasteiger partial charge in [0, 0.05) is 11.5 Å². The molecule has 1 aromatic heterocycles. The van der Waals surface area contributed by atoms with Gasteiger partial charge in [0.25, 0.3) is 9.84 Å². The first-order valence-corrected chi connectivity index (χ1v) is 7.87. The van der Waals surface area contributed by atoms with Gasteiger partial charge in [-0.25, -0.2) is 13.2 Å². The van der Waals surface area contributed by atoms with Crippen molar-refractivity contribution in [1.82, 2.24) is 0 Å². The van der Waals surface area contributed by atoms with Gasteiger partial charge in [-0.05, 0) is 47.5 Å². The summed E-state index contributed by atoms with van der Waals surface area (Å²) in [6.45, 7) is 1.70. The third-order valence-corrected chi connectivity index (χ3v) is 4.98. The van der Waals surface area contributed by atoms with E-state index in [0.29, 0.717) is 16.3 Å². The van der Waals surface area contributed by atoms with E-state index in [1.54, 1.807) is 13.0 Å². The second-order valence-corrected chi connectivity index (χ2v) is 7.00. The molecule has 0 spiro atoms. The topological polar surface area (TPSA) is 64.3 Å². The van der Waals surface area contributed by atoms with Crippen molar-refractivity contribution >= 4 is 31.6 Å². The van der Waals surface area contributed by atoms with Crippen LogP contribution in [0.4, 0.5) is 13.2 Å². The summed E-state index contributed by atoms with van der Waals surface area (Å²) in [5.74, 6) is 0. The number of hydrogen-bond acceptors (Lipinski definition) is 4. The van der Waals surface area contributed by atoms with Crippen molar-refractivity contribution in [1.29, 1.82) is 0 Å². The number of halogens is 3. The van der Waals surface area contributed by atoms with Crippen LogP contribution in [0.3, 0.4) is 0 Å². The minimum absolute atomic E-state index is 0.184. The summed E-state index contributed by atoms with van der Waals surface area (Å²) in [6, 6.07) is 7.40. The minimum Gasteiger partial charge on any atom is -0.423 e. The molecule has 0 aliphatic rings. The zero-order valence-corrected chi connectivity index (χ0v) is 12.5. The lowest BCUT2D eigenvalue weighted by atomic mass is 10.1. The second kappa shape index (κ2) is 4.82. The molecule has 2 aromatic carbocycles. The van der Waals surface area contributed by atoms with Crippen LogP contribution in [-0.4, -0.2) is 13.9 Å². The highest BCUT2D eigenvalue weighted by molar-refractivity contribution is 7.92. The largest absolute Gasteiger partial charge is 0.501 e. The first-order valence-electron chi connectivity index (χ1n) is 6.39. The summed E-state index contributed by atoms with van der Waals surface area (Å²) in [5, 5.41) is 1.40. The predicted octanol–water partition coefficient (Wildman–Crippen LogP) is 3.55. The van der Waals surface area contributed by atoms with Crippen molar-refractivity contribution in [3.8, 4) is 0 Å². The second-order valence-electron chi connectivity index (χ2n) is 5.05. The van der Waals surface area contributed by atoms with Gasteiger partial charge < -0.3 is 4.42 Å². The van der Waals surface area contributed by atoms with Gasteiger partial charge in [-0.1, -0.05) is 6.07 Å². The highest BCUT2D eigenvalue weighted by atomic mass is 32.2. The SMILES string of the molecule is Cc1cc(=O)oc2cc3cc(S(=O)(=O)C(F)(F)F)ccc3cc12. The molecule has 0 atom stereocenters. The van der Waals surface area contributed by atoms with Crippen LogP contribution >= 0.6 is 0 Å². The Kier molecular flexibility index (Phi) is 3.26. The van der Waals surface area contributed by atoms with Crippen LogP contribution in [0.5, 0.6) is 0 Å². The molecule has 3 rings (SSSR count). The van der Waals surface area contributed by atoms with Gasteiger partial charge in [0.15, 0.2) is 0 Å². The average Bonchev–Trinajstić information content (AvgIpc) is 2.43. The molecule has 0 unspecified atom stereocenters. The van der Waals surface area contributed by atoms with Crippen molar-refractivity contribution < 1.29 is 26.0 Å². The first kappa shape index (κ1) is 15.5. The van der Waals surface area contributed by atoms with Crippen LogP contribution in [0.2, 0.25) is 0 Å². The van der Waals surface area contributed by atoms with Crippen LogP contribution in [0.25, 0.3) is 21.7 Å². The third kappa shape index (κ3) is 2.48. The Morgan fingerprint density at radius 2 is 1.70 bits per heavy atom. The van der Waals surface area contributed by atoms with E-state index in [9.17, 15) is 26.4 Å². The summed E-state index contributed by atoms with van der Waals surface area (Å²) in [6.07, 6.45) is 0. The Bertz CT molecular complexity index is 1100. The highest BCUT2D eigenvalue weighted by Crippen LogP contribution is 2.33. The van der Waals surface area contributed by atoms with Gasteiger partial charge in [-0.3, -0.25) is 0 Å². The molecule has 0 saturated carbocycles. The molecule has 1 heterocycles. The number of benzene rings is 2. The molecule has 0 amide bonds. The van der Waals surface area contributed by atoms with Gasteiger partial charge >= 0.3 is 11.1 Å². The van der Waals surface area contributed by atoms with Crippen molar-refractivity contribution in [2.24, 2.45) is 0 Å². The molecule has 0 fully saturated rings.